The third kappa shape index (κ3) is 5.74. The normalized spacial score (nSPS) is 14.2. The van der Waals surface area contributed by atoms with Crippen LogP contribution in [0.25, 0.3) is 0 Å². The second-order valence-electron chi connectivity index (χ2n) is 7.92. The van der Waals surface area contributed by atoms with Crippen LogP contribution in [0.2, 0.25) is 5.02 Å². The van der Waals surface area contributed by atoms with Crippen LogP contribution in [-0.2, 0) is 16.9 Å². The van der Waals surface area contributed by atoms with E-state index in [4.69, 9.17) is 21.1 Å². The Bertz CT molecular complexity index is 1170. The van der Waals surface area contributed by atoms with Crippen LogP contribution >= 0.6 is 11.6 Å². The van der Waals surface area contributed by atoms with Crippen LogP contribution < -0.4 is 4.74 Å². The van der Waals surface area contributed by atoms with Gasteiger partial charge in [0.15, 0.2) is 0 Å². The molecular formula is C25H24ClF3N2O4. The molecule has 0 saturated carbocycles. The molecule has 35 heavy (non-hydrogen) atoms. The monoisotopic (exact) mass is 508 g/mol. The van der Waals surface area contributed by atoms with Gasteiger partial charge in [0, 0.05) is 17.1 Å². The number of halogens is 4. The Morgan fingerprint density at radius 3 is 2.34 bits per heavy atom. The minimum Gasteiger partial charge on any atom is -0.489 e. The zero-order chi connectivity index (χ0) is 25.8. The number of aryl methyl sites for hydroxylation is 1. The van der Waals surface area contributed by atoms with Crippen molar-refractivity contribution in [1.29, 1.82) is 0 Å². The highest BCUT2D eigenvalue weighted by Gasteiger charge is 2.60. The van der Waals surface area contributed by atoms with Gasteiger partial charge in [0.1, 0.15) is 18.1 Å². The van der Waals surface area contributed by atoms with Gasteiger partial charge in [-0.25, -0.2) is 4.79 Å². The summed E-state index contributed by atoms with van der Waals surface area (Å²) in [7, 11) is 0. The maximum Gasteiger partial charge on any atom is 0.423 e. The van der Waals surface area contributed by atoms with Gasteiger partial charge < -0.3 is 14.6 Å². The van der Waals surface area contributed by atoms with Crippen LogP contribution in [0.15, 0.2) is 54.9 Å². The van der Waals surface area contributed by atoms with E-state index >= 15 is 0 Å². The Morgan fingerprint density at radius 1 is 1.11 bits per heavy atom. The minimum absolute atomic E-state index is 0.00425. The van der Waals surface area contributed by atoms with E-state index in [1.54, 1.807) is 38.1 Å². The molecule has 0 radical (unpaired) electrons. The molecule has 0 bridgehead atoms. The van der Waals surface area contributed by atoms with E-state index in [1.165, 1.54) is 25.1 Å². The fourth-order valence-electron chi connectivity index (χ4n) is 3.49. The van der Waals surface area contributed by atoms with Crippen LogP contribution in [0, 0.1) is 6.92 Å². The summed E-state index contributed by atoms with van der Waals surface area (Å²) in [5.41, 5.74) is -2.27. The van der Waals surface area contributed by atoms with Crippen molar-refractivity contribution in [3.63, 3.8) is 0 Å². The number of aromatic nitrogens is 2. The standard InChI is InChI=1S/C25H24ClF3N2O4/c1-4-34-23(32)18-7-5-17(6-8-18)14-35-19-9-10-20(21(26)11-19)16(3)24(33,25(27,28)29)22-13-30-15(2)12-31-22/h5-13,16,33H,4,14H2,1-3H3/t16-,24-/m0/s1. The third-order valence-electron chi connectivity index (χ3n) is 5.54. The first-order valence-corrected chi connectivity index (χ1v) is 11.1. The van der Waals surface area contributed by atoms with E-state index < -0.39 is 29.4 Å². The molecule has 2 aromatic carbocycles. The van der Waals surface area contributed by atoms with E-state index in [0.29, 0.717) is 17.0 Å². The van der Waals surface area contributed by atoms with Crippen LogP contribution in [0.1, 0.15) is 52.6 Å². The van der Waals surface area contributed by atoms with Crippen molar-refractivity contribution in [2.24, 2.45) is 0 Å². The summed E-state index contributed by atoms with van der Waals surface area (Å²) >= 11 is 6.31. The van der Waals surface area contributed by atoms with Gasteiger partial charge in [-0.3, -0.25) is 9.97 Å². The zero-order valence-corrected chi connectivity index (χ0v) is 20.0. The molecule has 3 rings (SSSR count). The van der Waals surface area contributed by atoms with Gasteiger partial charge in [0.05, 0.1) is 24.1 Å². The first kappa shape index (κ1) is 26.4. The molecule has 0 fully saturated rings. The number of aliphatic hydroxyl groups is 1. The Balaban J connectivity index is 1.78. The molecule has 0 aliphatic rings. The molecule has 10 heteroatoms. The number of nitrogens with zero attached hydrogens (tertiary/aromatic N) is 2. The van der Waals surface area contributed by atoms with E-state index in [0.717, 1.165) is 18.0 Å². The van der Waals surface area contributed by atoms with Crippen LogP contribution in [-0.4, -0.2) is 33.8 Å². The second-order valence-corrected chi connectivity index (χ2v) is 8.33. The van der Waals surface area contributed by atoms with Gasteiger partial charge >= 0.3 is 12.1 Å². The Labute approximate surface area is 205 Å². The van der Waals surface area contributed by atoms with Gasteiger partial charge in [-0.2, -0.15) is 13.2 Å². The number of carbonyl (C=O) groups excluding carboxylic acids is 1. The summed E-state index contributed by atoms with van der Waals surface area (Å²) in [6.07, 6.45) is -2.96. The summed E-state index contributed by atoms with van der Waals surface area (Å²) in [6, 6.07) is 10.9. The fraction of sp³-hybridized carbons (Fsp3) is 0.320. The van der Waals surface area contributed by atoms with E-state index in [1.807, 2.05) is 0 Å². The molecule has 0 aliphatic heterocycles. The van der Waals surface area contributed by atoms with Crippen LogP contribution in [0.3, 0.4) is 0 Å². The number of benzene rings is 2. The highest BCUT2D eigenvalue weighted by atomic mass is 35.5. The van der Waals surface area contributed by atoms with Crippen molar-refractivity contribution >= 4 is 17.6 Å². The number of hydrogen-bond acceptors (Lipinski definition) is 6. The molecule has 0 aliphatic carbocycles. The molecule has 0 saturated heterocycles. The highest BCUT2D eigenvalue weighted by Crippen LogP contribution is 2.49. The fourth-order valence-corrected chi connectivity index (χ4v) is 3.83. The average Bonchev–Trinajstić information content (AvgIpc) is 2.82. The van der Waals surface area contributed by atoms with Crippen molar-refractivity contribution in [3.8, 4) is 5.75 Å². The van der Waals surface area contributed by atoms with Crippen molar-refractivity contribution in [2.45, 2.75) is 45.1 Å². The number of carbonyl (C=O) groups is 1. The first-order valence-electron chi connectivity index (χ1n) is 10.7. The van der Waals surface area contributed by atoms with Gasteiger partial charge in [-0.1, -0.05) is 36.7 Å². The van der Waals surface area contributed by atoms with Crippen molar-refractivity contribution in [3.05, 3.63) is 88.0 Å². The topological polar surface area (TPSA) is 81.5 Å². The largest absolute Gasteiger partial charge is 0.489 e. The average molecular weight is 509 g/mol. The maximum atomic E-state index is 14.1. The molecule has 3 aromatic rings. The summed E-state index contributed by atoms with van der Waals surface area (Å²) in [4.78, 5) is 19.4. The van der Waals surface area contributed by atoms with Crippen molar-refractivity contribution < 1.29 is 32.5 Å². The summed E-state index contributed by atoms with van der Waals surface area (Å²) in [6.45, 7) is 4.94. The lowest BCUT2D eigenvalue weighted by molar-refractivity contribution is -0.276. The molecule has 0 spiro atoms. The Kier molecular flexibility index (Phi) is 8.02. The summed E-state index contributed by atoms with van der Waals surface area (Å²) in [5, 5.41) is 10.8. The number of hydrogen-bond donors (Lipinski definition) is 1. The number of rotatable bonds is 8. The van der Waals surface area contributed by atoms with Crippen molar-refractivity contribution in [2.75, 3.05) is 6.61 Å². The lowest BCUT2D eigenvalue weighted by atomic mass is 9.80. The number of alkyl halides is 3. The first-order chi connectivity index (χ1) is 16.5. The Hall–Kier alpha value is -3.17. The van der Waals surface area contributed by atoms with Gasteiger partial charge in [0.25, 0.3) is 0 Å². The predicted octanol–water partition coefficient (Wildman–Crippen LogP) is 5.75. The lowest BCUT2D eigenvalue weighted by Crippen LogP contribution is -2.47. The van der Waals surface area contributed by atoms with Crippen LogP contribution in [0.4, 0.5) is 13.2 Å². The molecule has 0 unspecified atom stereocenters. The summed E-state index contributed by atoms with van der Waals surface area (Å²) in [5.74, 6) is -1.59. The van der Waals surface area contributed by atoms with Gasteiger partial charge in [-0.15, -0.1) is 0 Å². The molecule has 2 atom stereocenters. The smallest absolute Gasteiger partial charge is 0.423 e. The second kappa shape index (κ2) is 10.6. The predicted molar refractivity (Wildman–Crippen MR) is 123 cm³/mol. The minimum atomic E-state index is -5.04. The summed E-state index contributed by atoms with van der Waals surface area (Å²) < 4.78 is 52.8. The highest BCUT2D eigenvalue weighted by molar-refractivity contribution is 6.31. The molecule has 1 heterocycles. The van der Waals surface area contributed by atoms with E-state index in [9.17, 15) is 23.1 Å². The molecule has 1 N–H and O–H groups in total. The van der Waals surface area contributed by atoms with Crippen LogP contribution in [0.5, 0.6) is 5.75 Å². The van der Waals surface area contributed by atoms with E-state index in [2.05, 4.69) is 9.97 Å². The number of esters is 1. The molecular weight excluding hydrogens is 485 g/mol. The van der Waals surface area contributed by atoms with Gasteiger partial charge in [0.2, 0.25) is 5.60 Å². The third-order valence-corrected chi connectivity index (χ3v) is 5.87. The maximum absolute atomic E-state index is 14.1. The SMILES string of the molecule is CCOC(=O)c1ccc(COc2ccc([C@H](C)[C@](O)(c3cnc(C)cn3)C(F)(F)F)c(Cl)c2)cc1. The number of ether oxygens (including phenoxy) is 2. The molecule has 186 valence electrons. The quantitative estimate of drug-likeness (QED) is 0.390. The Morgan fingerprint density at radius 2 is 1.80 bits per heavy atom. The van der Waals surface area contributed by atoms with Crippen molar-refractivity contribution in [1.82, 2.24) is 9.97 Å². The lowest BCUT2D eigenvalue weighted by Gasteiger charge is -2.35. The molecule has 6 nitrogen and oxygen atoms in total. The van der Waals surface area contributed by atoms with Gasteiger partial charge in [-0.05, 0) is 49.2 Å². The molecule has 0 amide bonds. The molecule has 1 aromatic heterocycles. The van der Waals surface area contributed by atoms with E-state index in [-0.39, 0.29) is 23.8 Å². The zero-order valence-electron chi connectivity index (χ0n) is 19.3.